The Morgan fingerprint density at radius 3 is 2.60 bits per heavy atom. The first-order valence-corrected chi connectivity index (χ1v) is 7.14. The number of hydrogen-bond acceptors (Lipinski definition) is 1. The number of hydrogen-bond donors (Lipinski definition) is 0. The number of allylic oxidation sites excluding steroid dienone is 1. The molecule has 0 bridgehead atoms. The summed E-state index contributed by atoms with van der Waals surface area (Å²) in [5, 5.41) is 0. The standard InChI is InChI=1S/C19H22O/c1-4-5-9-16(3)20-19-13-12-15(2)14-18(19)17-10-7-6-8-11-17/h4,6-8,10-14,16H,1,5,9H2,2-3H3/t16-/m0/s1. The minimum atomic E-state index is 0.193. The summed E-state index contributed by atoms with van der Waals surface area (Å²) >= 11 is 0. The zero-order valence-corrected chi connectivity index (χ0v) is 12.3. The van der Waals surface area contributed by atoms with Crippen LogP contribution in [0.5, 0.6) is 5.75 Å². The van der Waals surface area contributed by atoms with Gasteiger partial charge in [-0.3, -0.25) is 0 Å². The van der Waals surface area contributed by atoms with Crippen LogP contribution in [0, 0.1) is 6.92 Å². The van der Waals surface area contributed by atoms with Crippen molar-refractivity contribution in [3.05, 3.63) is 66.7 Å². The van der Waals surface area contributed by atoms with Crippen LogP contribution in [0.4, 0.5) is 0 Å². The molecule has 0 amide bonds. The lowest BCUT2D eigenvalue weighted by atomic mass is 10.0. The molecule has 0 saturated heterocycles. The van der Waals surface area contributed by atoms with Crippen molar-refractivity contribution >= 4 is 0 Å². The van der Waals surface area contributed by atoms with E-state index in [2.05, 4.69) is 62.9 Å². The monoisotopic (exact) mass is 266 g/mol. The van der Waals surface area contributed by atoms with E-state index >= 15 is 0 Å². The van der Waals surface area contributed by atoms with Crippen LogP contribution in [0.1, 0.15) is 25.3 Å². The Morgan fingerprint density at radius 2 is 1.90 bits per heavy atom. The highest BCUT2D eigenvalue weighted by molar-refractivity contribution is 5.71. The molecule has 0 aromatic heterocycles. The summed E-state index contributed by atoms with van der Waals surface area (Å²) in [6, 6.07) is 16.7. The van der Waals surface area contributed by atoms with Gasteiger partial charge in [0.2, 0.25) is 0 Å². The second kappa shape index (κ2) is 6.95. The van der Waals surface area contributed by atoms with Gasteiger partial charge in [0, 0.05) is 5.56 Å². The summed E-state index contributed by atoms with van der Waals surface area (Å²) in [6.45, 7) is 7.98. The number of ether oxygens (including phenoxy) is 1. The van der Waals surface area contributed by atoms with Gasteiger partial charge in [0.15, 0.2) is 0 Å². The molecule has 0 N–H and O–H groups in total. The van der Waals surface area contributed by atoms with Gasteiger partial charge in [0.25, 0.3) is 0 Å². The van der Waals surface area contributed by atoms with E-state index in [1.807, 2.05) is 12.1 Å². The smallest absolute Gasteiger partial charge is 0.127 e. The third-order valence-corrected chi connectivity index (χ3v) is 3.33. The average molecular weight is 266 g/mol. The Bertz CT molecular complexity index is 557. The van der Waals surface area contributed by atoms with Gasteiger partial charge in [0.1, 0.15) is 5.75 Å². The fourth-order valence-electron chi connectivity index (χ4n) is 2.22. The summed E-state index contributed by atoms with van der Waals surface area (Å²) in [4.78, 5) is 0. The Labute approximate surface area is 121 Å². The van der Waals surface area contributed by atoms with E-state index in [0.29, 0.717) is 0 Å². The van der Waals surface area contributed by atoms with E-state index in [9.17, 15) is 0 Å². The van der Waals surface area contributed by atoms with E-state index in [4.69, 9.17) is 4.74 Å². The molecule has 0 saturated carbocycles. The normalized spacial score (nSPS) is 11.9. The minimum Gasteiger partial charge on any atom is -0.490 e. The lowest BCUT2D eigenvalue weighted by Gasteiger charge is -2.17. The van der Waals surface area contributed by atoms with Gasteiger partial charge in [0.05, 0.1) is 6.10 Å². The Balaban J connectivity index is 2.27. The minimum absolute atomic E-state index is 0.193. The van der Waals surface area contributed by atoms with Gasteiger partial charge in [-0.15, -0.1) is 6.58 Å². The van der Waals surface area contributed by atoms with Gasteiger partial charge < -0.3 is 4.74 Å². The zero-order valence-electron chi connectivity index (χ0n) is 12.3. The van der Waals surface area contributed by atoms with Crippen LogP contribution in [-0.2, 0) is 0 Å². The molecule has 2 aromatic carbocycles. The van der Waals surface area contributed by atoms with Crippen molar-refractivity contribution < 1.29 is 4.74 Å². The van der Waals surface area contributed by atoms with Crippen molar-refractivity contribution in [2.24, 2.45) is 0 Å². The summed E-state index contributed by atoms with van der Waals surface area (Å²) in [6.07, 6.45) is 4.10. The third kappa shape index (κ3) is 3.74. The van der Waals surface area contributed by atoms with Crippen LogP contribution < -0.4 is 4.74 Å². The molecule has 2 aromatic rings. The summed E-state index contributed by atoms with van der Waals surface area (Å²) in [5.41, 5.74) is 3.60. The van der Waals surface area contributed by atoms with Crippen LogP contribution in [-0.4, -0.2) is 6.10 Å². The van der Waals surface area contributed by atoms with Gasteiger partial charge in [-0.2, -0.15) is 0 Å². The third-order valence-electron chi connectivity index (χ3n) is 3.33. The van der Waals surface area contributed by atoms with Crippen molar-refractivity contribution in [1.29, 1.82) is 0 Å². The molecule has 0 aliphatic carbocycles. The number of benzene rings is 2. The van der Waals surface area contributed by atoms with E-state index < -0.39 is 0 Å². The van der Waals surface area contributed by atoms with Crippen LogP contribution in [0.25, 0.3) is 11.1 Å². The molecule has 104 valence electrons. The van der Waals surface area contributed by atoms with E-state index in [1.54, 1.807) is 0 Å². The number of rotatable bonds is 6. The number of aryl methyl sites for hydroxylation is 1. The highest BCUT2D eigenvalue weighted by atomic mass is 16.5. The molecule has 2 rings (SSSR count). The summed E-state index contributed by atoms with van der Waals surface area (Å²) in [7, 11) is 0. The van der Waals surface area contributed by atoms with Crippen LogP contribution >= 0.6 is 0 Å². The fourth-order valence-corrected chi connectivity index (χ4v) is 2.22. The maximum absolute atomic E-state index is 6.11. The topological polar surface area (TPSA) is 9.23 Å². The van der Waals surface area contributed by atoms with Gasteiger partial charge in [-0.25, -0.2) is 0 Å². The summed E-state index contributed by atoms with van der Waals surface area (Å²) in [5.74, 6) is 0.957. The van der Waals surface area contributed by atoms with E-state index in [1.165, 1.54) is 11.1 Å². The molecule has 0 aliphatic rings. The lowest BCUT2D eigenvalue weighted by molar-refractivity contribution is 0.213. The molecule has 1 nitrogen and oxygen atoms in total. The maximum atomic E-state index is 6.11. The van der Waals surface area contributed by atoms with Gasteiger partial charge >= 0.3 is 0 Å². The van der Waals surface area contributed by atoms with Crippen molar-refractivity contribution in [2.45, 2.75) is 32.8 Å². The predicted octanol–water partition coefficient (Wildman–Crippen LogP) is 5.40. The van der Waals surface area contributed by atoms with Crippen molar-refractivity contribution in [3.8, 4) is 16.9 Å². The van der Waals surface area contributed by atoms with Crippen molar-refractivity contribution in [1.82, 2.24) is 0 Å². The molecule has 0 spiro atoms. The van der Waals surface area contributed by atoms with E-state index in [-0.39, 0.29) is 6.10 Å². The highest BCUT2D eigenvalue weighted by Gasteiger charge is 2.10. The molecule has 20 heavy (non-hydrogen) atoms. The van der Waals surface area contributed by atoms with Crippen molar-refractivity contribution in [2.75, 3.05) is 0 Å². The first-order chi connectivity index (χ1) is 9.70. The van der Waals surface area contributed by atoms with Crippen LogP contribution in [0.2, 0.25) is 0 Å². The molecule has 0 radical (unpaired) electrons. The zero-order chi connectivity index (χ0) is 14.4. The predicted molar refractivity (Wildman–Crippen MR) is 86.1 cm³/mol. The van der Waals surface area contributed by atoms with E-state index in [0.717, 1.165) is 24.2 Å². The Morgan fingerprint density at radius 1 is 1.15 bits per heavy atom. The van der Waals surface area contributed by atoms with Crippen LogP contribution in [0.3, 0.4) is 0 Å². The Hall–Kier alpha value is -2.02. The quantitative estimate of drug-likeness (QED) is 0.636. The summed E-state index contributed by atoms with van der Waals surface area (Å²) < 4.78 is 6.11. The van der Waals surface area contributed by atoms with Gasteiger partial charge in [-0.05, 0) is 44.4 Å². The molecule has 0 heterocycles. The highest BCUT2D eigenvalue weighted by Crippen LogP contribution is 2.31. The first-order valence-electron chi connectivity index (χ1n) is 7.14. The van der Waals surface area contributed by atoms with Gasteiger partial charge in [-0.1, -0.05) is 48.0 Å². The lowest BCUT2D eigenvalue weighted by Crippen LogP contribution is -2.11. The molecule has 1 atom stereocenters. The average Bonchev–Trinajstić information content (AvgIpc) is 2.48. The molecular formula is C19H22O. The van der Waals surface area contributed by atoms with Crippen LogP contribution in [0.15, 0.2) is 61.2 Å². The maximum Gasteiger partial charge on any atom is 0.127 e. The SMILES string of the molecule is C=CCC[C@H](C)Oc1ccc(C)cc1-c1ccccc1. The molecule has 1 heteroatoms. The molecule has 0 fully saturated rings. The molecule has 0 unspecified atom stereocenters. The fraction of sp³-hybridized carbons (Fsp3) is 0.263. The largest absolute Gasteiger partial charge is 0.490 e. The molecule has 0 aliphatic heterocycles. The Kier molecular flexibility index (Phi) is 5.00. The van der Waals surface area contributed by atoms with Crippen molar-refractivity contribution in [3.63, 3.8) is 0 Å². The second-order valence-electron chi connectivity index (χ2n) is 5.16. The second-order valence-corrected chi connectivity index (χ2v) is 5.16. The first kappa shape index (κ1) is 14.4. The molecular weight excluding hydrogens is 244 g/mol.